The summed E-state index contributed by atoms with van der Waals surface area (Å²) in [5, 5.41) is 0. The monoisotopic (exact) mass is 352 g/mol. The van der Waals surface area contributed by atoms with E-state index >= 15 is 0 Å². The van der Waals surface area contributed by atoms with Crippen LogP contribution in [0.4, 0.5) is 0 Å². The standard InChI is InChI=1S/C20H40O2.K.H/c1-3-5-7-8-9-10-11-12-13-14-15-16-17-18-20(21)22-19-6-4-2;;/h3-19H2,1-2H3;;/q;+1;-1. The normalized spacial score (nSPS) is 10.3. The number of carbonyl (C=O) groups is 1. The summed E-state index contributed by atoms with van der Waals surface area (Å²) in [6.45, 7) is 4.99. The van der Waals surface area contributed by atoms with Crippen LogP contribution in [0.25, 0.3) is 0 Å². The molecule has 0 fully saturated rings. The number of ether oxygens (including phenoxy) is 1. The van der Waals surface area contributed by atoms with Crippen LogP contribution in [-0.2, 0) is 9.53 Å². The Kier molecular flexibility index (Phi) is 26.5. The first kappa shape index (κ1) is 26.3. The summed E-state index contributed by atoms with van der Waals surface area (Å²) < 4.78 is 5.15. The van der Waals surface area contributed by atoms with Crippen LogP contribution in [-0.4, -0.2) is 12.6 Å². The molecule has 0 aliphatic rings. The minimum Gasteiger partial charge on any atom is -1.00 e. The van der Waals surface area contributed by atoms with Crippen LogP contribution in [0.15, 0.2) is 0 Å². The molecule has 2 nitrogen and oxygen atoms in total. The van der Waals surface area contributed by atoms with E-state index in [1.54, 1.807) is 0 Å². The van der Waals surface area contributed by atoms with Gasteiger partial charge >= 0.3 is 57.4 Å². The Labute approximate surface area is 189 Å². The van der Waals surface area contributed by atoms with Gasteiger partial charge in [-0.3, -0.25) is 4.79 Å². The van der Waals surface area contributed by atoms with Crippen molar-refractivity contribution in [3.05, 3.63) is 0 Å². The van der Waals surface area contributed by atoms with Crippen LogP contribution in [0.3, 0.4) is 0 Å². The maximum atomic E-state index is 11.4. The molecule has 23 heavy (non-hydrogen) atoms. The van der Waals surface area contributed by atoms with E-state index < -0.39 is 0 Å². The van der Waals surface area contributed by atoms with Gasteiger partial charge < -0.3 is 6.16 Å². The van der Waals surface area contributed by atoms with E-state index in [1.165, 1.54) is 77.0 Å². The number of hydrogen-bond acceptors (Lipinski definition) is 2. The summed E-state index contributed by atoms with van der Waals surface area (Å²) in [5.41, 5.74) is 0. The van der Waals surface area contributed by atoms with Crippen molar-refractivity contribution < 1.29 is 62.3 Å². The van der Waals surface area contributed by atoms with Crippen molar-refractivity contribution in [2.24, 2.45) is 0 Å². The van der Waals surface area contributed by atoms with E-state index in [1.807, 2.05) is 0 Å². The van der Waals surface area contributed by atoms with E-state index in [-0.39, 0.29) is 58.8 Å². The first-order valence-corrected chi connectivity index (χ1v) is 9.96. The van der Waals surface area contributed by atoms with Gasteiger partial charge in [0.05, 0.1) is 6.61 Å². The summed E-state index contributed by atoms with van der Waals surface area (Å²) in [4.78, 5) is 11.4. The number of rotatable bonds is 17. The van der Waals surface area contributed by atoms with Crippen LogP contribution in [0, 0.1) is 0 Å². The predicted octanol–water partition coefficient (Wildman–Crippen LogP) is 3.93. The summed E-state index contributed by atoms with van der Waals surface area (Å²) in [6, 6.07) is 0. The summed E-state index contributed by atoms with van der Waals surface area (Å²) >= 11 is 0. The van der Waals surface area contributed by atoms with E-state index in [4.69, 9.17) is 4.74 Å². The van der Waals surface area contributed by atoms with Crippen molar-refractivity contribution in [2.75, 3.05) is 6.61 Å². The SMILES string of the molecule is CCCCCCCCCCCCCCCC(=O)OCCCC.[H-].[K+]. The van der Waals surface area contributed by atoms with Gasteiger partial charge in [0.15, 0.2) is 0 Å². The van der Waals surface area contributed by atoms with E-state index in [9.17, 15) is 4.79 Å². The molecule has 3 heteroatoms. The molecule has 0 saturated heterocycles. The third-order valence-electron chi connectivity index (χ3n) is 4.25. The molecular formula is C20H41KO2. The zero-order valence-electron chi connectivity index (χ0n) is 17.3. The molecule has 0 aliphatic carbocycles. The van der Waals surface area contributed by atoms with Gasteiger partial charge in [-0.25, -0.2) is 0 Å². The van der Waals surface area contributed by atoms with Crippen molar-refractivity contribution >= 4 is 5.97 Å². The molecular weight excluding hydrogens is 311 g/mol. The molecule has 0 saturated carbocycles. The van der Waals surface area contributed by atoms with E-state index in [2.05, 4.69) is 13.8 Å². The molecule has 0 atom stereocenters. The van der Waals surface area contributed by atoms with Crippen molar-refractivity contribution in [1.29, 1.82) is 0 Å². The Balaban J connectivity index is -0.00000220. The first-order chi connectivity index (χ1) is 10.8. The third-order valence-corrected chi connectivity index (χ3v) is 4.25. The summed E-state index contributed by atoms with van der Waals surface area (Å²) in [7, 11) is 0. The van der Waals surface area contributed by atoms with Gasteiger partial charge in [-0.15, -0.1) is 0 Å². The Bertz CT molecular complexity index is 238. The minimum absolute atomic E-state index is 0. The molecule has 0 aromatic carbocycles. The molecule has 0 bridgehead atoms. The Morgan fingerprint density at radius 1 is 0.652 bits per heavy atom. The van der Waals surface area contributed by atoms with Gasteiger partial charge in [0.1, 0.15) is 0 Å². The van der Waals surface area contributed by atoms with Gasteiger partial charge in [0, 0.05) is 6.42 Å². The number of esters is 1. The molecule has 0 aromatic rings. The van der Waals surface area contributed by atoms with Gasteiger partial charge in [0.25, 0.3) is 0 Å². The zero-order chi connectivity index (χ0) is 16.3. The van der Waals surface area contributed by atoms with Gasteiger partial charge in [-0.2, -0.15) is 0 Å². The van der Waals surface area contributed by atoms with Crippen LogP contribution < -0.4 is 51.4 Å². The maximum Gasteiger partial charge on any atom is 1.00 e. The van der Waals surface area contributed by atoms with Crippen LogP contribution in [0.5, 0.6) is 0 Å². The average Bonchev–Trinajstić information content (AvgIpc) is 2.52. The van der Waals surface area contributed by atoms with Gasteiger partial charge in [-0.1, -0.05) is 97.3 Å². The fourth-order valence-corrected chi connectivity index (χ4v) is 2.69. The average molecular weight is 353 g/mol. The van der Waals surface area contributed by atoms with Gasteiger partial charge in [-0.05, 0) is 12.8 Å². The van der Waals surface area contributed by atoms with Crippen LogP contribution in [0.1, 0.15) is 118 Å². The minimum atomic E-state index is -0.00322. The second-order valence-corrected chi connectivity index (χ2v) is 6.57. The fourth-order valence-electron chi connectivity index (χ4n) is 2.69. The molecule has 0 radical (unpaired) electrons. The van der Waals surface area contributed by atoms with Crippen LogP contribution in [0.2, 0.25) is 0 Å². The van der Waals surface area contributed by atoms with Crippen molar-refractivity contribution in [3.8, 4) is 0 Å². The number of unbranched alkanes of at least 4 members (excludes halogenated alkanes) is 13. The van der Waals surface area contributed by atoms with E-state index in [0.717, 1.165) is 19.3 Å². The molecule has 0 unspecified atom stereocenters. The second-order valence-electron chi connectivity index (χ2n) is 6.57. The maximum absolute atomic E-state index is 11.4. The first-order valence-electron chi connectivity index (χ1n) is 9.96. The summed E-state index contributed by atoms with van der Waals surface area (Å²) in [6.07, 6.45) is 20.1. The quantitative estimate of drug-likeness (QED) is 0.225. The summed E-state index contributed by atoms with van der Waals surface area (Å²) in [5.74, 6) is -0.00322. The molecule has 0 heterocycles. The van der Waals surface area contributed by atoms with Crippen molar-refractivity contribution in [2.45, 2.75) is 117 Å². The Hall–Kier alpha value is 1.11. The smallest absolute Gasteiger partial charge is 1.00 e. The molecule has 0 rings (SSSR count). The predicted molar refractivity (Wildman–Crippen MR) is 97.3 cm³/mol. The molecule has 134 valence electrons. The molecule has 0 N–H and O–H groups in total. The van der Waals surface area contributed by atoms with E-state index in [0.29, 0.717) is 13.0 Å². The second kappa shape index (κ2) is 23.1. The molecule has 0 aliphatic heterocycles. The topological polar surface area (TPSA) is 26.3 Å². The zero-order valence-corrected chi connectivity index (χ0v) is 19.5. The molecule has 0 spiro atoms. The molecule has 0 amide bonds. The molecule has 0 aromatic heterocycles. The third kappa shape index (κ3) is 23.1. The van der Waals surface area contributed by atoms with Gasteiger partial charge in [0.2, 0.25) is 0 Å². The Morgan fingerprint density at radius 2 is 1.04 bits per heavy atom. The number of carbonyl (C=O) groups excluding carboxylic acids is 1. The van der Waals surface area contributed by atoms with Crippen LogP contribution >= 0.6 is 0 Å². The fraction of sp³-hybridized carbons (Fsp3) is 0.950. The number of hydrogen-bond donors (Lipinski definition) is 0. The largest absolute Gasteiger partial charge is 1.00 e. The van der Waals surface area contributed by atoms with Crippen molar-refractivity contribution in [3.63, 3.8) is 0 Å². The Morgan fingerprint density at radius 3 is 1.48 bits per heavy atom. The van der Waals surface area contributed by atoms with Crippen molar-refractivity contribution in [1.82, 2.24) is 0 Å².